The van der Waals surface area contributed by atoms with E-state index in [1.807, 2.05) is 7.05 Å². The van der Waals surface area contributed by atoms with Crippen molar-refractivity contribution in [3.8, 4) is 0 Å². The molecule has 0 amide bonds. The van der Waals surface area contributed by atoms with Gasteiger partial charge in [-0.1, -0.05) is 11.6 Å². The summed E-state index contributed by atoms with van der Waals surface area (Å²) in [6.07, 6.45) is 11.0. The van der Waals surface area contributed by atoms with Gasteiger partial charge in [0.1, 0.15) is 5.82 Å². The molecular weight excluding hydrogens is 215 g/mol. The van der Waals surface area contributed by atoms with Gasteiger partial charge in [0.05, 0.1) is 6.20 Å². The first-order valence-corrected chi connectivity index (χ1v) is 6.26. The molecule has 2 nitrogen and oxygen atoms in total. The second-order valence-corrected chi connectivity index (χ2v) is 4.55. The minimum atomic E-state index is -0.219. The molecule has 0 saturated carbocycles. The molecule has 0 fully saturated rings. The lowest BCUT2D eigenvalue weighted by Gasteiger charge is -2.21. The Morgan fingerprint density at radius 1 is 1.47 bits per heavy atom. The van der Waals surface area contributed by atoms with E-state index in [-0.39, 0.29) is 11.9 Å². The average molecular weight is 234 g/mol. The third-order valence-electron chi connectivity index (χ3n) is 3.38. The van der Waals surface area contributed by atoms with E-state index < -0.39 is 0 Å². The van der Waals surface area contributed by atoms with Gasteiger partial charge in [0.2, 0.25) is 0 Å². The summed E-state index contributed by atoms with van der Waals surface area (Å²) in [6, 6.07) is 1.82. The summed E-state index contributed by atoms with van der Waals surface area (Å²) < 4.78 is 13.7. The third-order valence-corrected chi connectivity index (χ3v) is 3.38. The molecule has 0 aromatic carbocycles. The van der Waals surface area contributed by atoms with Gasteiger partial charge in [0.15, 0.2) is 0 Å². The summed E-state index contributed by atoms with van der Waals surface area (Å²) in [5, 5.41) is 3.20. The average Bonchev–Trinajstić information content (AvgIpc) is 2.38. The van der Waals surface area contributed by atoms with Gasteiger partial charge in [-0.3, -0.25) is 4.98 Å². The second kappa shape index (κ2) is 5.92. The maximum absolute atomic E-state index is 13.7. The first kappa shape index (κ1) is 12.2. The van der Waals surface area contributed by atoms with Crippen LogP contribution in [-0.2, 0) is 0 Å². The van der Waals surface area contributed by atoms with Gasteiger partial charge in [-0.25, -0.2) is 4.39 Å². The maximum Gasteiger partial charge on any atom is 0.146 e. The highest BCUT2D eigenvalue weighted by Gasteiger charge is 2.16. The van der Waals surface area contributed by atoms with Crippen molar-refractivity contribution >= 4 is 0 Å². The van der Waals surface area contributed by atoms with Gasteiger partial charge >= 0.3 is 0 Å². The lowest BCUT2D eigenvalue weighted by molar-refractivity contribution is 0.516. The highest BCUT2D eigenvalue weighted by Crippen LogP contribution is 2.28. The van der Waals surface area contributed by atoms with Crippen LogP contribution in [0.5, 0.6) is 0 Å². The minimum absolute atomic E-state index is 0.0577. The van der Waals surface area contributed by atoms with E-state index in [1.165, 1.54) is 31.0 Å². The molecule has 2 rings (SSSR count). The summed E-state index contributed by atoms with van der Waals surface area (Å²) in [4.78, 5) is 3.79. The van der Waals surface area contributed by atoms with E-state index in [9.17, 15) is 4.39 Å². The van der Waals surface area contributed by atoms with Crippen molar-refractivity contribution in [3.05, 3.63) is 41.5 Å². The number of nitrogens with zero attached hydrogens (tertiary/aromatic N) is 1. The van der Waals surface area contributed by atoms with Crippen LogP contribution in [0.4, 0.5) is 4.39 Å². The monoisotopic (exact) mass is 234 g/mol. The molecule has 0 saturated heterocycles. The molecule has 1 aromatic rings. The van der Waals surface area contributed by atoms with Gasteiger partial charge < -0.3 is 5.32 Å². The van der Waals surface area contributed by atoms with Crippen molar-refractivity contribution in [1.82, 2.24) is 10.3 Å². The predicted molar refractivity (Wildman–Crippen MR) is 67.2 cm³/mol. The molecule has 0 spiro atoms. The number of nitrogens with one attached hydrogen (secondary N) is 1. The van der Waals surface area contributed by atoms with Gasteiger partial charge in [0, 0.05) is 17.8 Å². The lowest BCUT2D eigenvalue weighted by atomic mass is 9.92. The molecule has 0 radical (unpaired) electrons. The number of aromatic nitrogens is 1. The SMILES string of the molecule is CNC(CC1=CCCCC1)c1ccncc1F. The molecule has 1 aromatic heterocycles. The zero-order chi connectivity index (χ0) is 12.1. The van der Waals surface area contributed by atoms with Crippen molar-refractivity contribution in [1.29, 1.82) is 0 Å². The molecule has 92 valence electrons. The van der Waals surface area contributed by atoms with Gasteiger partial charge in [-0.05, 0) is 45.2 Å². The van der Waals surface area contributed by atoms with Crippen LogP contribution in [0.25, 0.3) is 0 Å². The Kier molecular flexibility index (Phi) is 4.26. The van der Waals surface area contributed by atoms with Gasteiger partial charge in [-0.2, -0.15) is 0 Å². The van der Waals surface area contributed by atoms with Crippen molar-refractivity contribution < 1.29 is 4.39 Å². The molecule has 17 heavy (non-hydrogen) atoms. The molecule has 1 unspecified atom stereocenters. The molecule has 1 N–H and O–H groups in total. The van der Waals surface area contributed by atoms with Crippen molar-refractivity contribution in [2.45, 2.75) is 38.1 Å². The lowest BCUT2D eigenvalue weighted by Crippen LogP contribution is -2.19. The van der Waals surface area contributed by atoms with Gasteiger partial charge in [0.25, 0.3) is 0 Å². The maximum atomic E-state index is 13.7. The fourth-order valence-corrected chi connectivity index (χ4v) is 2.39. The minimum Gasteiger partial charge on any atom is -0.313 e. The van der Waals surface area contributed by atoms with Crippen molar-refractivity contribution in [2.75, 3.05) is 7.05 Å². The zero-order valence-corrected chi connectivity index (χ0v) is 10.2. The number of allylic oxidation sites excluding steroid dienone is 1. The Morgan fingerprint density at radius 2 is 2.35 bits per heavy atom. The molecular formula is C14H19FN2. The second-order valence-electron chi connectivity index (χ2n) is 4.55. The third kappa shape index (κ3) is 3.13. The van der Waals surface area contributed by atoms with Crippen LogP contribution in [0.15, 0.2) is 30.1 Å². The van der Waals surface area contributed by atoms with E-state index in [1.54, 1.807) is 12.3 Å². The number of rotatable bonds is 4. The van der Waals surface area contributed by atoms with E-state index in [2.05, 4.69) is 16.4 Å². The zero-order valence-electron chi connectivity index (χ0n) is 10.2. The van der Waals surface area contributed by atoms with Crippen LogP contribution < -0.4 is 5.32 Å². The number of pyridine rings is 1. The van der Waals surface area contributed by atoms with E-state index in [4.69, 9.17) is 0 Å². The van der Waals surface area contributed by atoms with Crippen LogP contribution >= 0.6 is 0 Å². The van der Waals surface area contributed by atoms with Crippen LogP contribution in [0.3, 0.4) is 0 Å². The van der Waals surface area contributed by atoms with Gasteiger partial charge in [-0.15, -0.1) is 0 Å². The van der Waals surface area contributed by atoms with Crippen molar-refractivity contribution in [2.24, 2.45) is 0 Å². The largest absolute Gasteiger partial charge is 0.313 e. The van der Waals surface area contributed by atoms with E-state index in [0.29, 0.717) is 5.56 Å². The quantitative estimate of drug-likeness (QED) is 0.808. The fraction of sp³-hybridized carbons (Fsp3) is 0.500. The number of halogens is 1. The van der Waals surface area contributed by atoms with Crippen LogP contribution in [0.2, 0.25) is 0 Å². The molecule has 1 aliphatic rings. The fourth-order valence-electron chi connectivity index (χ4n) is 2.39. The topological polar surface area (TPSA) is 24.9 Å². The number of hydrogen-bond donors (Lipinski definition) is 1. The van der Waals surface area contributed by atoms with Crippen molar-refractivity contribution in [3.63, 3.8) is 0 Å². The predicted octanol–water partition coefficient (Wildman–Crippen LogP) is 3.37. The van der Waals surface area contributed by atoms with E-state index in [0.717, 1.165) is 12.8 Å². The Morgan fingerprint density at radius 3 is 3.00 bits per heavy atom. The highest BCUT2D eigenvalue weighted by molar-refractivity contribution is 5.20. The summed E-state index contributed by atoms with van der Waals surface area (Å²) >= 11 is 0. The summed E-state index contributed by atoms with van der Waals surface area (Å²) in [5.74, 6) is -0.219. The molecule has 1 heterocycles. The number of hydrogen-bond acceptors (Lipinski definition) is 2. The Labute approximate surface area is 102 Å². The normalized spacial score (nSPS) is 17.6. The van der Waals surface area contributed by atoms with Crippen LogP contribution in [0.1, 0.15) is 43.7 Å². The van der Waals surface area contributed by atoms with E-state index >= 15 is 0 Å². The molecule has 1 aliphatic carbocycles. The Balaban J connectivity index is 2.11. The molecule has 0 aliphatic heterocycles. The standard InChI is InChI=1S/C14H19FN2/c1-16-14(9-11-5-3-2-4-6-11)12-7-8-17-10-13(12)15/h5,7-8,10,14,16H,2-4,6,9H2,1H3. The Bertz CT molecular complexity index is 401. The molecule has 1 atom stereocenters. The highest BCUT2D eigenvalue weighted by atomic mass is 19.1. The summed E-state index contributed by atoms with van der Waals surface area (Å²) in [5.41, 5.74) is 2.17. The van der Waals surface area contributed by atoms with Crippen LogP contribution in [0, 0.1) is 5.82 Å². The first-order chi connectivity index (χ1) is 8.31. The van der Waals surface area contributed by atoms with Crippen LogP contribution in [-0.4, -0.2) is 12.0 Å². The molecule has 0 bridgehead atoms. The first-order valence-electron chi connectivity index (χ1n) is 6.26. The Hall–Kier alpha value is -1.22. The summed E-state index contributed by atoms with van der Waals surface area (Å²) in [6.45, 7) is 0. The smallest absolute Gasteiger partial charge is 0.146 e. The summed E-state index contributed by atoms with van der Waals surface area (Å²) in [7, 11) is 1.88. The molecule has 3 heteroatoms.